The molecule has 0 aromatic carbocycles. The molecule has 0 spiro atoms. The average Bonchev–Trinajstić information content (AvgIpc) is 2.75. The fourth-order valence-corrected chi connectivity index (χ4v) is 4.16. The van der Waals surface area contributed by atoms with Crippen molar-refractivity contribution in [1.29, 1.82) is 0 Å². The molecule has 0 aliphatic heterocycles. The Bertz CT molecular complexity index is 490. The van der Waals surface area contributed by atoms with Crippen molar-refractivity contribution in [3.63, 3.8) is 0 Å². The molecule has 2 rings (SSSR count). The highest BCUT2D eigenvalue weighted by Gasteiger charge is 2.20. The molecule has 1 N–H and O–H groups in total. The Balaban J connectivity index is 1.74. The summed E-state index contributed by atoms with van der Waals surface area (Å²) < 4.78 is 28.4. The molecular weight excluding hydrogens is 262 g/mol. The SMILES string of the molecule is Cn1cc(CCNS(=O)(=O)CC2CCCCC2)cn1. The molecule has 5 nitrogen and oxygen atoms in total. The quantitative estimate of drug-likeness (QED) is 0.860. The van der Waals surface area contributed by atoms with Gasteiger partial charge in [0.25, 0.3) is 0 Å². The van der Waals surface area contributed by atoms with Crippen LogP contribution in [0.25, 0.3) is 0 Å². The number of sulfonamides is 1. The van der Waals surface area contributed by atoms with Crippen LogP contribution in [0.4, 0.5) is 0 Å². The molecule has 1 aromatic rings. The van der Waals surface area contributed by atoms with E-state index in [0.717, 1.165) is 18.4 Å². The van der Waals surface area contributed by atoms with Gasteiger partial charge in [-0.05, 0) is 30.7 Å². The van der Waals surface area contributed by atoms with Crippen molar-refractivity contribution in [2.75, 3.05) is 12.3 Å². The van der Waals surface area contributed by atoms with Crippen LogP contribution in [-0.2, 0) is 23.5 Å². The molecule has 0 bridgehead atoms. The molecule has 1 aromatic heterocycles. The summed E-state index contributed by atoms with van der Waals surface area (Å²) in [4.78, 5) is 0. The van der Waals surface area contributed by atoms with E-state index in [9.17, 15) is 8.42 Å². The lowest BCUT2D eigenvalue weighted by atomic mass is 9.91. The molecule has 108 valence electrons. The standard InChI is InChI=1S/C13H23N3O2S/c1-16-10-13(9-14-16)7-8-15-19(17,18)11-12-5-3-2-4-6-12/h9-10,12,15H,2-8,11H2,1H3. The van der Waals surface area contributed by atoms with E-state index in [1.54, 1.807) is 10.9 Å². The second-order valence-electron chi connectivity index (χ2n) is 5.45. The summed E-state index contributed by atoms with van der Waals surface area (Å²) in [6.45, 7) is 0.459. The second kappa shape index (κ2) is 6.52. The van der Waals surface area contributed by atoms with E-state index in [0.29, 0.717) is 24.6 Å². The predicted octanol–water partition coefficient (Wildman–Crippen LogP) is 1.46. The van der Waals surface area contributed by atoms with E-state index >= 15 is 0 Å². The van der Waals surface area contributed by atoms with Gasteiger partial charge in [0.05, 0.1) is 11.9 Å². The highest BCUT2D eigenvalue weighted by atomic mass is 32.2. The molecule has 1 heterocycles. The average molecular weight is 285 g/mol. The van der Waals surface area contributed by atoms with E-state index in [1.165, 1.54) is 19.3 Å². The van der Waals surface area contributed by atoms with Crippen LogP contribution in [0.1, 0.15) is 37.7 Å². The summed E-state index contributed by atoms with van der Waals surface area (Å²) in [5, 5.41) is 4.06. The molecule has 6 heteroatoms. The monoisotopic (exact) mass is 285 g/mol. The maximum absolute atomic E-state index is 12.0. The van der Waals surface area contributed by atoms with Gasteiger partial charge in [0, 0.05) is 19.8 Å². The maximum Gasteiger partial charge on any atom is 0.211 e. The van der Waals surface area contributed by atoms with Crippen LogP contribution in [0.2, 0.25) is 0 Å². The molecular formula is C13H23N3O2S. The van der Waals surface area contributed by atoms with Gasteiger partial charge in [-0.25, -0.2) is 13.1 Å². The van der Waals surface area contributed by atoms with Crippen LogP contribution in [0.3, 0.4) is 0 Å². The van der Waals surface area contributed by atoms with E-state index in [1.807, 2.05) is 13.2 Å². The third-order valence-corrected chi connectivity index (χ3v) is 5.23. The first-order valence-corrected chi connectivity index (χ1v) is 8.65. The van der Waals surface area contributed by atoms with Gasteiger partial charge in [-0.3, -0.25) is 4.68 Å². The number of hydrogen-bond donors (Lipinski definition) is 1. The van der Waals surface area contributed by atoms with Gasteiger partial charge >= 0.3 is 0 Å². The van der Waals surface area contributed by atoms with Crippen molar-refractivity contribution in [1.82, 2.24) is 14.5 Å². The summed E-state index contributed by atoms with van der Waals surface area (Å²) in [6, 6.07) is 0. The molecule has 0 atom stereocenters. The van der Waals surface area contributed by atoms with E-state index in [2.05, 4.69) is 9.82 Å². The normalized spacial score (nSPS) is 17.7. The second-order valence-corrected chi connectivity index (χ2v) is 7.30. The largest absolute Gasteiger partial charge is 0.276 e. The van der Waals surface area contributed by atoms with Gasteiger partial charge in [-0.2, -0.15) is 5.10 Å². The van der Waals surface area contributed by atoms with E-state index < -0.39 is 10.0 Å². The Kier molecular flexibility index (Phi) is 4.99. The van der Waals surface area contributed by atoms with Crippen LogP contribution in [0, 0.1) is 5.92 Å². The molecule has 19 heavy (non-hydrogen) atoms. The summed E-state index contributed by atoms with van der Waals surface area (Å²) in [5.74, 6) is 0.643. The molecule has 0 amide bonds. The van der Waals surface area contributed by atoms with Gasteiger partial charge in [0.2, 0.25) is 10.0 Å². The van der Waals surface area contributed by atoms with Crippen molar-refractivity contribution < 1.29 is 8.42 Å². The van der Waals surface area contributed by atoms with Crippen LogP contribution in [0.5, 0.6) is 0 Å². The fourth-order valence-electron chi connectivity index (χ4n) is 2.67. The zero-order valence-electron chi connectivity index (χ0n) is 11.5. The third-order valence-electron chi connectivity index (χ3n) is 3.67. The van der Waals surface area contributed by atoms with E-state index in [-0.39, 0.29) is 0 Å². The minimum Gasteiger partial charge on any atom is -0.276 e. The van der Waals surface area contributed by atoms with Crippen molar-refractivity contribution in [3.8, 4) is 0 Å². The number of rotatable bonds is 6. The zero-order valence-corrected chi connectivity index (χ0v) is 12.3. The Morgan fingerprint density at radius 3 is 2.74 bits per heavy atom. The molecule has 1 aliphatic rings. The molecule has 1 fully saturated rings. The topological polar surface area (TPSA) is 64.0 Å². The first kappa shape index (κ1) is 14.5. The molecule has 0 saturated heterocycles. The van der Waals surface area contributed by atoms with Gasteiger partial charge < -0.3 is 0 Å². The Morgan fingerprint density at radius 2 is 2.11 bits per heavy atom. The van der Waals surface area contributed by atoms with Crippen molar-refractivity contribution in [2.45, 2.75) is 38.5 Å². The van der Waals surface area contributed by atoms with Crippen molar-refractivity contribution >= 4 is 10.0 Å². The van der Waals surface area contributed by atoms with Crippen LogP contribution < -0.4 is 4.72 Å². The third kappa shape index (κ3) is 4.95. The zero-order chi connectivity index (χ0) is 13.7. The molecule has 0 unspecified atom stereocenters. The Labute approximate surface area is 115 Å². The van der Waals surface area contributed by atoms with Crippen molar-refractivity contribution in [2.24, 2.45) is 13.0 Å². The van der Waals surface area contributed by atoms with Gasteiger partial charge in [-0.15, -0.1) is 0 Å². The van der Waals surface area contributed by atoms with Gasteiger partial charge in [0.15, 0.2) is 0 Å². The smallest absolute Gasteiger partial charge is 0.211 e. The van der Waals surface area contributed by atoms with Crippen molar-refractivity contribution in [3.05, 3.63) is 18.0 Å². The number of aryl methyl sites for hydroxylation is 1. The molecule has 1 saturated carbocycles. The first-order chi connectivity index (χ1) is 9.05. The number of nitrogens with zero attached hydrogens (tertiary/aromatic N) is 2. The fraction of sp³-hybridized carbons (Fsp3) is 0.769. The number of hydrogen-bond acceptors (Lipinski definition) is 3. The van der Waals surface area contributed by atoms with Crippen LogP contribution >= 0.6 is 0 Å². The molecule has 1 aliphatic carbocycles. The van der Waals surface area contributed by atoms with E-state index in [4.69, 9.17) is 0 Å². The summed E-state index contributed by atoms with van der Waals surface area (Å²) in [7, 11) is -1.26. The number of nitrogens with one attached hydrogen (secondary N) is 1. The summed E-state index contributed by atoms with van der Waals surface area (Å²) in [6.07, 6.45) is 10.1. The van der Waals surface area contributed by atoms with Gasteiger partial charge in [-0.1, -0.05) is 19.3 Å². The highest BCUT2D eigenvalue weighted by molar-refractivity contribution is 7.89. The minimum atomic E-state index is -3.12. The lowest BCUT2D eigenvalue weighted by Crippen LogP contribution is -2.32. The highest BCUT2D eigenvalue weighted by Crippen LogP contribution is 2.24. The van der Waals surface area contributed by atoms with Crippen LogP contribution in [0.15, 0.2) is 12.4 Å². The minimum absolute atomic E-state index is 0.292. The Hall–Kier alpha value is -0.880. The van der Waals surface area contributed by atoms with Crippen LogP contribution in [-0.4, -0.2) is 30.5 Å². The van der Waals surface area contributed by atoms with Gasteiger partial charge in [0.1, 0.15) is 0 Å². The first-order valence-electron chi connectivity index (χ1n) is 7.00. The lowest BCUT2D eigenvalue weighted by molar-refractivity contribution is 0.384. The Morgan fingerprint density at radius 1 is 1.37 bits per heavy atom. The lowest BCUT2D eigenvalue weighted by Gasteiger charge is -2.21. The summed E-state index contributed by atoms with van der Waals surface area (Å²) >= 11 is 0. The summed E-state index contributed by atoms with van der Waals surface area (Å²) in [5.41, 5.74) is 1.06. The molecule has 0 radical (unpaired) electrons. The predicted molar refractivity (Wildman–Crippen MR) is 75.3 cm³/mol. The maximum atomic E-state index is 12.0. The number of aromatic nitrogens is 2.